The number of aryl methyl sites for hydroxylation is 2. The normalized spacial score (nSPS) is 10.7. The molecule has 0 radical (unpaired) electrons. The summed E-state index contributed by atoms with van der Waals surface area (Å²) in [5.74, 6) is -0.346. The van der Waals surface area contributed by atoms with Crippen LogP contribution in [-0.2, 0) is 11.5 Å². The molecule has 0 saturated heterocycles. The largest absolute Gasteiger partial charge is 0.478 e. The fourth-order valence-electron chi connectivity index (χ4n) is 3.58. The van der Waals surface area contributed by atoms with E-state index in [2.05, 4.69) is 4.89 Å². The van der Waals surface area contributed by atoms with Crippen LogP contribution in [0.25, 0.3) is 0 Å². The molecular weight excluding hydrogens is 492 g/mol. The summed E-state index contributed by atoms with van der Waals surface area (Å²) in [6.07, 6.45) is 0. The molecule has 0 aliphatic carbocycles. The molecule has 0 aliphatic rings. The summed E-state index contributed by atoms with van der Waals surface area (Å²) in [6, 6.07) is 24.7. The average molecular weight is 517 g/mol. The van der Waals surface area contributed by atoms with Gasteiger partial charge < -0.3 is 14.6 Å². The molecule has 8 heteroatoms. The highest BCUT2D eigenvalue weighted by atomic mass is 32.2. The molecule has 0 aliphatic heterocycles. The van der Waals surface area contributed by atoms with E-state index in [9.17, 15) is 14.7 Å². The minimum atomic E-state index is -1.18. The first-order valence-corrected chi connectivity index (χ1v) is 12.1. The zero-order chi connectivity index (χ0) is 26.4. The SMILES string of the molecule is Cc1ccc(Oc2ccc(Sc3ccc(OC(=O)c4ccc(C)cc4C(=O)O)cc3)cc2)c(COO)c1. The van der Waals surface area contributed by atoms with Crippen LogP contribution in [0.15, 0.2) is 94.7 Å². The summed E-state index contributed by atoms with van der Waals surface area (Å²) in [5, 5.41) is 18.2. The fourth-order valence-corrected chi connectivity index (χ4v) is 4.40. The highest BCUT2D eigenvalue weighted by molar-refractivity contribution is 7.99. The molecule has 0 unspecified atom stereocenters. The molecule has 0 spiro atoms. The Balaban J connectivity index is 1.39. The van der Waals surface area contributed by atoms with Crippen molar-refractivity contribution >= 4 is 23.7 Å². The summed E-state index contributed by atoms with van der Waals surface area (Å²) in [7, 11) is 0. The van der Waals surface area contributed by atoms with E-state index < -0.39 is 11.9 Å². The molecule has 0 bridgehead atoms. The summed E-state index contributed by atoms with van der Waals surface area (Å²) < 4.78 is 11.3. The molecule has 0 atom stereocenters. The van der Waals surface area contributed by atoms with Gasteiger partial charge in [0.2, 0.25) is 0 Å². The topological polar surface area (TPSA) is 102 Å². The minimum Gasteiger partial charge on any atom is -0.478 e. The number of hydrogen-bond donors (Lipinski definition) is 2. The van der Waals surface area contributed by atoms with E-state index in [-0.39, 0.29) is 17.7 Å². The highest BCUT2D eigenvalue weighted by Gasteiger charge is 2.18. The van der Waals surface area contributed by atoms with Crippen molar-refractivity contribution in [1.82, 2.24) is 0 Å². The first kappa shape index (κ1) is 26.0. The van der Waals surface area contributed by atoms with E-state index in [1.54, 1.807) is 25.1 Å². The number of benzene rings is 4. The van der Waals surface area contributed by atoms with E-state index in [1.807, 2.05) is 61.5 Å². The van der Waals surface area contributed by atoms with Crippen LogP contribution < -0.4 is 9.47 Å². The highest BCUT2D eigenvalue weighted by Crippen LogP contribution is 2.32. The summed E-state index contributed by atoms with van der Waals surface area (Å²) in [5.41, 5.74) is 2.42. The quantitative estimate of drug-likeness (QED) is 0.105. The molecule has 7 nitrogen and oxygen atoms in total. The van der Waals surface area contributed by atoms with E-state index in [0.717, 1.165) is 26.5 Å². The van der Waals surface area contributed by atoms with Gasteiger partial charge in [0.25, 0.3) is 0 Å². The molecule has 0 saturated carbocycles. The Morgan fingerprint density at radius 2 is 1.35 bits per heavy atom. The van der Waals surface area contributed by atoms with Gasteiger partial charge in [-0.05, 0) is 86.6 Å². The van der Waals surface area contributed by atoms with Crippen LogP contribution in [0, 0.1) is 13.8 Å². The van der Waals surface area contributed by atoms with Crippen molar-refractivity contribution in [3.63, 3.8) is 0 Å². The zero-order valence-electron chi connectivity index (χ0n) is 20.1. The lowest BCUT2D eigenvalue weighted by atomic mass is 10.0. The third kappa shape index (κ3) is 6.77. The molecular formula is C29H24O7S. The number of esters is 1. The number of carbonyl (C=O) groups excluding carboxylic acids is 1. The van der Waals surface area contributed by atoms with Gasteiger partial charge in [0.05, 0.1) is 11.1 Å². The zero-order valence-corrected chi connectivity index (χ0v) is 21.0. The van der Waals surface area contributed by atoms with Crippen LogP contribution >= 0.6 is 11.8 Å². The Morgan fingerprint density at radius 1 is 0.757 bits per heavy atom. The van der Waals surface area contributed by atoms with Crippen molar-refractivity contribution < 1.29 is 34.3 Å². The van der Waals surface area contributed by atoms with Crippen molar-refractivity contribution in [3.8, 4) is 17.2 Å². The predicted molar refractivity (Wildman–Crippen MR) is 139 cm³/mol. The Labute approximate surface area is 218 Å². The Morgan fingerprint density at radius 3 is 1.97 bits per heavy atom. The summed E-state index contributed by atoms with van der Waals surface area (Å²) >= 11 is 1.52. The van der Waals surface area contributed by atoms with Gasteiger partial charge in [-0.3, -0.25) is 5.26 Å². The van der Waals surface area contributed by atoms with Crippen molar-refractivity contribution in [2.45, 2.75) is 30.2 Å². The minimum absolute atomic E-state index is 0.000468. The lowest BCUT2D eigenvalue weighted by Crippen LogP contribution is -2.14. The maximum Gasteiger partial charge on any atom is 0.344 e. The van der Waals surface area contributed by atoms with E-state index >= 15 is 0 Å². The van der Waals surface area contributed by atoms with Crippen LogP contribution in [0.2, 0.25) is 0 Å². The first-order valence-electron chi connectivity index (χ1n) is 11.3. The molecule has 4 aromatic rings. The monoisotopic (exact) mass is 516 g/mol. The number of carboxylic acids is 1. The number of carboxylic acid groups (broad SMARTS) is 1. The van der Waals surface area contributed by atoms with Gasteiger partial charge in [0.15, 0.2) is 0 Å². The smallest absolute Gasteiger partial charge is 0.344 e. The molecule has 0 fully saturated rings. The Bertz CT molecular complexity index is 1410. The van der Waals surface area contributed by atoms with Crippen molar-refractivity contribution in [1.29, 1.82) is 0 Å². The first-order chi connectivity index (χ1) is 17.8. The van der Waals surface area contributed by atoms with Gasteiger partial charge >= 0.3 is 11.9 Å². The standard InChI is InChI=1S/C29H24O7S/c1-18-4-14-27(20(15-18)17-34-33)35-21-5-9-23(10-6-21)37-24-11-7-22(8-12-24)36-29(32)25-13-3-19(2)16-26(25)28(30)31/h3-16,33H,17H2,1-2H3,(H,30,31). The number of hydrogen-bond acceptors (Lipinski definition) is 7. The Hall–Kier alpha value is -4.11. The molecule has 0 aromatic heterocycles. The van der Waals surface area contributed by atoms with E-state index in [4.69, 9.17) is 14.7 Å². The number of aromatic carboxylic acids is 1. The van der Waals surface area contributed by atoms with Crippen molar-refractivity contribution in [3.05, 3.63) is 113 Å². The molecule has 188 valence electrons. The molecule has 4 aromatic carbocycles. The van der Waals surface area contributed by atoms with Gasteiger partial charge in [-0.2, -0.15) is 0 Å². The van der Waals surface area contributed by atoms with Gasteiger partial charge in [0.1, 0.15) is 23.9 Å². The lowest BCUT2D eigenvalue weighted by Gasteiger charge is -2.12. The summed E-state index contributed by atoms with van der Waals surface area (Å²) in [4.78, 5) is 30.2. The van der Waals surface area contributed by atoms with Gasteiger partial charge in [-0.25, -0.2) is 14.5 Å². The second kappa shape index (κ2) is 11.7. The maximum absolute atomic E-state index is 12.5. The van der Waals surface area contributed by atoms with Gasteiger partial charge in [0, 0.05) is 15.4 Å². The molecule has 0 heterocycles. The fraction of sp³-hybridized carbons (Fsp3) is 0.103. The van der Waals surface area contributed by atoms with Crippen LogP contribution in [0.3, 0.4) is 0 Å². The number of rotatable bonds is 9. The third-order valence-corrected chi connectivity index (χ3v) is 6.40. The second-order valence-corrected chi connectivity index (χ2v) is 9.42. The molecule has 0 amide bonds. The van der Waals surface area contributed by atoms with Gasteiger partial charge in [-0.15, -0.1) is 0 Å². The predicted octanol–water partition coefficient (Wildman–Crippen LogP) is 7.15. The average Bonchev–Trinajstić information content (AvgIpc) is 2.88. The number of ether oxygens (including phenoxy) is 2. The number of carbonyl (C=O) groups is 2. The Kier molecular flexibility index (Phi) is 8.25. The van der Waals surface area contributed by atoms with Crippen molar-refractivity contribution in [2.75, 3.05) is 0 Å². The van der Waals surface area contributed by atoms with Crippen LogP contribution in [0.1, 0.15) is 37.4 Å². The van der Waals surface area contributed by atoms with E-state index in [0.29, 0.717) is 17.2 Å². The molecule has 2 N–H and O–H groups in total. The van der Waals surface area contributed by atoms with Crippen LogP contribution in [0.4, 0.5) is 0 Å². The van der Waals surface area contributed by atoms with E-state index in [1.165, 1.54) is 23.9 Å². The van der Waals surface area contributed by atoms with Crippen molar-refractivity contribution in [2.24, 2.45) is 0 Å². The van der Waals surface area contributed by atoms with Crippen LogP contribution in [0.5, 0.6) is 17.2 Å². The summed E-state index contributed by atoms with van der Waals surface area (Å²) in [6.45, 7) is 3.74. The maximum atomic E-state index is 12.5. The molecule has 37 heavy (non-hydrogen) atoms. The third-order valence-electron chi connectivity index (χ3n) is 5.38. The van der Waals surface area contributed by atoms with Crippen LogP contribution in [-0.4, -0.2) is 22.3 Å². The molecule has 4 rings (SSSR count). The lowest BCUT2D eigenvalue weighted by molar-refractivity contribution is -0.253. The second-order valence-electron chi connectivity index (χ2n) is 8.28. The van der Waals surface area contributed by atoms with Gasteiger partial charge in [-0.1, -0.05) is 35.0 Å².